The van der Waals surface area contributed by atoms with Crippen LogP contribution < -0.4 is 0 Å². The molecule has 0 N–H and O–H groups in total. The van der Waals surface area contributed by atoms with E-state index in [-0.39, 0.29) is 21.7 Å². The Labute approximate surface area is 279 Å². The number of aromatic nitrogens is 2. The van der Waals surface area contributed by atoms with Crippen molar-refractivity contribution >= 4 is 0 Å². The average molecular weight is 611 g/mol. The Balaban J connectivity index is 2.07. The van der Waals surface area contributed by atoms with E-state index >= 15 is 0 Å². The summed E-state index contributed by atoms with van der Waals surface area (Å²) in [7, 11) is 0. The summed E-state index contributed by atoms with van der Waals surface area (Å²) in [6.45, 7) is 30.2. The number of benzene rings is 4. The Morgan fingerprint density at radius 1 is 0.457 bits per heavy atom. The molecule has 1 heterocycles. The van der Waals surface area contributed by atoms with Crippen LogP contribution in [-0.2, 0) is 21.7 Å². The highest BCUT2D eigenvalue weighted by molar-refractivity contribution is 5.91. The van der Waals surface area contributed by atoms with Crippen molar-refractivity contribution in [3.8, 4) is 39.3 Å². The molecule has 0 saturated carbocycles. The van der Waals surface area contributed by atoms with Crippen molar-refractivity contribution in [1.82, 2.24) is 9.55 Å². The van der Waals surface area contributed by atoms with Crippen molar-refractivity contribution in [2.75, 3.05) is 0 Å². The zero-order valence-electron chi connectivity index (χ0n) is 30.6. The standard InChI is InChI=1S/C44H54N2/c1-29-28-46(40(45-29)30-20-15-14-16-21-30)39-31(37-33(41(2,3)4)24-18-25-34(37)42(5,6)7)22-17-23-32(39)38-35(43(8,9)10)26-19-27-36(38)44(11,12)13/h14-28H,1-13H3. The van der Waals surface area contributed by atoms with Gasteiger partial charge in [0.25, 0.3) is 0 Å². The molecular weight excluding hydrogens is 556 g/mol. The lowest BCUT2D eigenvalue weighted by Gasteiger charge is -2.34. The second kappa shape index (κ2) is 11.7. The third-order valence-corrected chi connectivity index (χ3v) is 9.03. The number of aryl methyl sites for hydroxylation is 1. The van der Waals surface area contributed by atoms with Gasteiger partial charge in [-0.15, -0.1) is 0 Å². The molecule has 0 aliphatic rings. The minimum atomic E-state index is -0.0587. The third-order valence-electron chi connectivity index (χ3n) is 9.03. The van der Waals surface area contributed by atoms with Crippen LogP contribution in [0.1, 0.15) is 111 Å². The van der Waals surface area contributed by atoms with Gasteiger partial charge in [-0.25, -0.2) is 4.98 Å². The molecule has 0 saturated heterocycles. The monoisotopic (exact) mass is 610 g/mol. The van der Waals surface area contributed by atoms with Crippen LogP contribution in [0.2, 0.25) is 0 Å². The number of hydrogen-bond acceptors (Lipinski definition) is 1. The van der Waals surface area contributed by atoms with E-state index in [4.69, 9.17) is 4.98 Å². The highest BCUT2D eigenvalue weighted by Crippen LogP contribution is 2.49. The van der Waals surface area contributed by atoms with Crippen LogP contribution >= 0.6 is 0 Å². The van der Waals surface area contributed by atoms with Gasteiger partial charge in [0.15, 0.2) is 0 Å². The molecule has 0 amide bonds. The molecule has 0 aliphatic heterocycles. The van der Waals surface area contributed by atoms with Crippen molar-refractivity contribution in [3.05, 3.63) is 119 Å². The van der Waals surface area contributed by atoms with Gasteiger partial charge in [0.05, 0.1) is 11.4 Å². The van der Waals surface area contributed by atoms with Crippen molar-refractivity contribution in [2.24, 2.45) is 0 Å². The lowest BCUT2D eigenvalue weighted by atomic mass is 9.72. The minimum Gasteiger partial charge on any atom is -0.298 e. The molecule has 2 heteroatoms. The summed E-state index contributed by atoms with van der Waals surface area (Å²) in [5, 5.41) is 0. The molecule has 0 bridgehead atoms. The van der Waals surface area contributed by atoms with Crippen molar-refractivity contribution < 1.29 is 0 Å². The molecule has 0 atom stereocenters. The quantitative estimate of drug-likeness (QED) is 0.198. The topological polar surface area (TPSA) is 17.8 Å². The predicted molar refractivity (Wildman–Crippen MR) is 199 cm³/mol. The SMILES string of the molecule is Cc1cn(-c2c(-c3c(C(C)(C)C)cccc3C(C)(C)C)cccc2-c2c(C(C)(C)C)cccc2C(C)(C)C)c(-c2ccccc2)n1. The molecule has 0 aliphatic carbocycles. The van der Waals surface area contributed by atoms with E-state index in [1.165, 1.54) is 50.2 Å². The zero-order valence-corrected chi connectivity index (χ0v) is 30.6. The molecule has 4 aromatic carbocycles. The Kier molecular flexibility index (Phi) is 8.52. The third kappa shape index (κ3) is 6.37. The highest BCUT2D eigenvalue weighted by atomic mass is 15.1. The maximum Gasteiger partial charge on any atom is 0.144 e. The average Bonchev–Trinajstić information content (AvgIpc) is 3.35. The minimum absolute atomic E-state index is 0.0587. The predicted octanol–water partition coefficient (Wildman–Crippen LogP) is 12.4. The summed E-state index contributed by atoms with van der Waals surface area (Å²) in [5.41, 5.74) is 13.6. The van der Waals surface area contributed by atoms with Gasteiger partial charge in [0, 0.05) is 22.9 Å². The summed E-state index contributed by atoms with van der Waals surface area (Å²) in [6, 6.07) is 31.4. The molecule has 2 nitrogen and oxygen atoms in total. The Morgan fingerprint density at radius 2 is 0.826 bits per heavy atom. The number of hydrogen-bond donors (Lipinski definition) is 0. The van der Waals surface area contributed by atoms with Crippen molar-refractivity contribution in [1.29, 1.82) is 0 Å². The smallest absolute Gasteiger partial charge is 0.144 e. The van der Waals surface area contributed by atoms with E-state index in [0.29, 0.717) is 0 Å². The van der Waals surface area contributed by atoms with Gasteiger partial charge in [-0.05, 0) is 62.0 Å². The molecule has 0 spiro atoms. The van der Waals surface area contributed by atoms with Crippen LogP contribution in [0.25, 0.3) is 39.3 Å². The Bertz CT molecular complexity index is 1700. The number of para-hydroxylation sites is 1. The Morgan fingerprint density at radius 3 is 1.20 bits per heavy atom. The fourth-order valence-electron chi connectivity index (χ4n) is 6.85. The molecule has 5 aromatic rings. The normalized spacial score (nSPS) is 12.9. The first-order valence-corrected chi connectivity index (χ1v) is 16.8. The summed E-state index contributed by atoms with van der Waals surface area (Å²) < 4.78 is 2.38. The number of nitrogens with zero attached hydrogens (tertiary/aromatic N) is 2. The maximum absolute atomic E-state index is 5.17. The van der Waals surface area contributed by atoms with E-state index in [1.807, 2.05) is 0 Å². The van der Waals surface area contributed by atoms with E-state index in [1.54, 1.807) is 0 Å². The van der Waals surface area contributed by atoms with E-state index in [0.717, 1.165) is 17.1 Å². The van der Waals surface area contributed by atoms with Gasteiger partial charge in [0.2, 0.25) is 0 Å². The second-order valence-corrected chi connectivity index (χ2v) is 17.1. The molecule has 0 radical (unpaired) electrons. The summed E-state index contributed by atoms with van der Waals surface area (Å²) in [4.78, 5) is 5.17. The van der Waals surface area contributed by atoms with Gasteiger partial charge in [-0.2, -0.15) is 0 Å². The maximum atomic E-state index is 5.17. The highest BCUT2D eigenvalue weighted by Gasteiger charge is 2.32. The first kappa shape index (κ1) is 33.5. The fraction of sp³-hybridized carbons (Fsp3) is 0.386. The van der Waals surface area contributed by atoms with Gasteiger partial charge in [-0.3, -0.25) is 4.57 Å². The van der Waals surface area contributed by atoms with Crippen molar-refractivity contribution in [2.45, 2.75) is 112 Å². The van der Waals surface area contributed by atoms with Crippen LogP contribution in [0.15, 0.2) is 91.1 Å². The number of imidazole rings is 1. The summed E-state index contributed by atoms with van der Waals surface area (Å²) in [5.74, 6) is 0.961. The summed E-state index contributed by atoms with van der Waals surface area (Å²) in [6.07, 6.45) is 2.23. The lowest BCUT2D eigenvalue weighted by Crippen LogP contribution is -2.21. The molecule has 5 rings (SSSR count). The van der Waals surface area contributed by atoms with Gasteiger partial charge >= 0.3 is 0 Å². The zero-order chi connectivity index (χ0) is 33.8. The first-order valence-electron chi connectivity index (χ1n) is 16.8. The lowest BCUT2D eigenvalue weighted by molar-refractivity contribution is 0.572. The van der Waals surface area contributed by atoms with Gasteiger partial charge < -0.3 is 0 Å². The van der Waals surface area contributed by atoms with Crippen molar-refractivity contribution in [3.63, 3.8) is 0 Å². The van der Waals surface area contributed by atoms with E-state index in [2.05, 4.69) is 186 Å². The van der Waals surface area contributed by atoms with Gasteiger partial charge in [0.1, 0.15) is 5.82 Å². The second-order valence-electron chi connectivity index (χ2n) is 17.1. The number of rotatable bonds is 4. The molecule has 240 valence electrons. The van der Waals surface area contributed by atoms with Crippen LogP contribution in [0, 0.1) is 6.92 Å². The fourth-order valence-corrected chi connectivity index (χ4v) is 6.85. The van der Waals surface area contributed by atoms with Crippen LogP contribution in [0.5, 0.6) is 0 Å². The molecule has 0 fully saturated rings. The first-order chi connectivity index (χ1) is 21.3. The van der Waals surface area contributed by atoms with Crippen LogP contribution in [0.3, 0.4) is 0 Å². The van der Waals surface area contributed by atoms with E-state index < -0.39 is 0 Å². The molecular formula is C44H54N2. The molecule has 0 unspecified atom stereocenters. The largest absolute Gasteiger partial charge is 0.298 e. The summed E-state index contributed by atoms with van der Waals surface area (Å²) >= 11 is 0. The van der Waals surface area contributed by atoms with Crippen LogP contribution in [-0.4, -0.2) is 9.55 Å². The van der Waals surface area contributed by atoms with Gasteiger partial charge in [-0.1, -0.05) is 168 Å². The molecule has 46 heavy (non-hydrogen) atoms. The Hall–Kier alpha value is -3.91. The van der Waals surface area contributed by atoms with Crippen LogP contribution in [0.4, 0.5) is 0 Å². The molecule has 1 aromatic heterocycles. The van der Waals surface area contributed by atoms with E-state index in [9.17, 15) is 0 Å².